The number of hydrogen-bond acceptors (Lipinski definition) is 5. The molecule has 1 saturated carbocycles. The van der Waals surface area contributed by atoms with Gasteiger partial charge in [0.2, 0.25) is 0 Å². The largest absolute Gasteiger partial charge is 0.487 e. The molecule has 0 amide bonds. The summed E-state index contributed by atoms with van der Waals surface area (Å²) in [5, 5.41) is 14.9. The topological polar surface area (TPSA) is 58.7 Å². The fraction of sp³-hybridized carbons (Fsp3) is 0.526. The predicted molar refractivity (Wildman–Crippen MR) is 91.9 cm³/mol. The molecule has 3 rings (SSSR count). The number of nitrogens with zero attached hydrogens (tertiary/aromatic N) is 2. The van der Waals surface area contributed by atoms with E-state index in [0.29, 0.717) is 6.54 Å². The van der Waals surface area contributed by atoms with Crippen LogP contribution in [0.2, 0.25) is 0 Å². The molecule has 1 fully saturated rings. The molecule has 3 atom stereocenters. The van der Waals surface area contributed by atoms with Crippen LogP contribution in [-0.2, 0) is 6.54 Å². The maximum atomic E-state index is 10.8. The Labute approximate surface area is 143 Å². The molecule has 1 aliphatic rings. The molecule has 0 bridgehead atoms. The molecule has 5 heteroatoms. The number of likely N-dealkylation sites (N-methyl/N-ethyl adjacent to an activating group) is 1. The minimum atomic E-state index is -0.517. The monoisotopic (exact) mass is 330 g/mol. The summed E-state index contributed by atoms with van der Waals surface area (Å²) >= 11 is 0. The van der Waals surface area contributed by atoms with Crippen LogP contribution in [-0.4, -0.2) is 40.5 Å². The SMILES string of the molecule is Cc1cc(CN(C)[C@H]2CCC[C@@H](Oc3ccccc3C)[C@@H]2O)no1. The van der Waals surface area contributed by atoms with Gasteiger partial charge in [0.1, 0.15) is 23.7 Å². The van der Waals surface area contributed by atoms with Gasteiger partial charge in [-0.25, -0.2) is 0 Å². The van der Waals surface area contributed by atoms with E-state index in [1.54, 1.807) is 0 Å². The highest BCUT2D eigenvalue weighted by Crippen LogP contribution is 2.29. The maximum absolute atomic E-state index is 10.8. The molecular weight excluding hydrogens is 304 g/mol. The lowest BCUT2D eigenvalue weighted by atomic mass is 9.89. The zero-order chi connectivity index (χ0) is 17.1. The summed E-state index contributed by atoms with van der Waals surface area (Å²) in [5.41, 5.74) is 1.99. The first-order valence-corrected chi connectivity index (χ1v) is 8.57. The van der Waals surface area contributed by atoms with Gasteiger partial charge in [-0.05, 0) is 51.8 Å². The lowest BCUT2D eigenvalue weighted by Crippen LogP contribution is -2.51. The third-order valence-corrected chi connectivity index (χ3v) is 4.79. The average molecular weight is 330 g/mol. The number of benzene rings is 1. The van der Waals surface area contributed by atoms with Crippen molar-refractivity contribution in [1.29, 1.82) is 0 Å². The van der Waals surface area contributed by atoms with Crippen molar-refractivity contribution in [3.05, 3.63) is 47.3 Å². The molecule has 0 unspecified atom stereocenters. The van der Waals surface area contributed by atoms with Gasteiger partial charge in [-0.3, -0.25) is 4.90 Å². The summed E-state index contributed by atoms with van der Waals surface area (Å²) in [6.45, 7) is 4.58. The Bertz CT molecular complexity index is 670. The molecular formula is C19H26N2O3. The number of aromatic nitrogens is 1. The first kappa shape index (κ1) is 17.0. The van der Waals surface area contributed by atoms with Gasteiger partial charge < -0.3 is 14.4 Å². The molecule has 0 radical (unpaired) electrons. The molecule has 0 spiro atoms. The Morgan fingerprint density at radius 3 is 2.79 bits per heavy atom. The quantitative estimate of drug-likeness (QED) is 0.913. The van der Waals surface area contributed by atoms with E-state index in [1.165, 1.54) is 0 Å². The molecule has 1 aromatic carbocycles. The highest BCUT2D eigenvalue weighted by molar-refractivity contribution is 5.32. The van der Waals surface area contributed by atoms with Gasteiger partial charge in [0.15, 0.2) is 0 Å². The van der Waals surface area contributed by atoms with Crippen LogP contribution >= 0.6 is 0 Å². The lowest BCUT2D eigenvalue weighted by molar-refractivity contribution is -0.0497. The molecule has 1 aromatic heterocycles. The van der Waals surface area contributed by atoms with Gasteiger partial charge in [0.25, 0.3) is 0 Å². The summed E-state index contributed by atoms with van der Waals surface area (Å²) in [5.74, 6) is 1.67. The van der Waals surface area contributed by atoms with Gasteiger partial charge >= 0.3 is 0 Å². The van der Waals surface area contributed by atoms with E-state index in [-0.39, 0.29) is 12.1 Å². The van der Waals surface area contributed by atoms with Crippen molar-refractivity contribution in [2.24, 2.45) is 0 Å². The van der Waals surface area contributed by atoms with E-state index in [2.05, 4.69) is 10.1 Å². The standard InChI is InChI=1S/C19H26N2O3/c1-13-7-4-5-9-17(13)23-18-10-6-8-16(19(18)22)21(3)12-15-11-14(2)24-20-15/h4-5,7,9,11,16,18-19,22H,6,8,10,12H2,1-3H3/t16-,18+,19+/m0/s1. The first-order valence-electron chi connectivity index (χ1n) is 8.57. The van der Waals surface area contributed by atoms with E-state index in [9.17, 15) is 5.11 Å². The van der Waals surface area contributed by atoms with Crippen LogP contribution < -0.4 is 4.74 Å². The Kier molecular flexibility index (Phi) is 5.21. The van der Waals surface area contributed by atoms with Crippen molar-refractivity contribution < 1.29 is 14.4 Å². The van der Waals surface area contributed by atoms with Gasteiger partial charge in [-0.15, -0.1) is 0 Å². The van der Waals surface area contributed by atoms with Crippen LogP contribution in [0.15, 0.2) is 34.9 Å². The highest BCUT2D eigenvalue weighted by Gasteiger charge is 2.36. The average Bonchev–Trinajstić information content (AvgIpc) is 2.96. The second kappa shape index (κ2) is 7.36. The molecule has 0 aliphatic heterocycles. The fourth-order valence-electron chi connectivity index (χ4n) is 3.44. The third kappa shape index (κ3) is 3.79. The second-order valence-electron chi connectivity index (χ2n) is 6.75. The summed E-state index contributed by atoms with van der Waals surface area (Å²) in [4.78, 5) is 2.15. The molecule has 5 nitrogen and oxygen atoms in total. The van der Waals surface area contributed by atoms with Gasteiger partial charge in [-0.1, -0.05) is 23.4 Å². The van der Waals surface area contributed by atoms with E-state index in [4.69, 9.17) is 9.26 Å². The lowest BCUT2D eigenvalue weighted by Gasteiger charge is -2.39. The molecule has 1 heterocycles. The summed E-state index contributed by atoms with van der Waals surface area (Å²) in [6.07, 6.45) is 2.19. The van der Waals surface area contributed by atoms with E-state index in [0.717, 1.165) is 42.0 Å². The fourth-order valence-corrected chi connectivity index (χ4v) is 3.44. The molecule has 1 N–H and O–H groups in total. The van der Waals surface area contributed by atoms with Crippen molar-refractivity contribution >= 4 is 0 Å². The number of para-hydroxylation sites is 1. The van der Waals surface area contributed by atoms with Crippen LogP contribution in [0.25, 0.3) is 0 Å². The first-order chi connectivity index (χ1) is 11.5. The smallest absolute Gasteiger partial charge is 0.133 e. The van der Waals surface area contributed by atoms with E-state index < -0.39 is 6.10 Å². The summed E-state index contributed by atoms with van der Waals surface area (Å²) in [6, 6.07) is 9.95. The summed E-state index contributed by atoms with van der Waals surface area (Å²) in [7, 11) is 2.02. The molecule has 1 aliphatic carbocycles. The number of rotatable bonds is 5. The number of aliphatic hydroxyl groups excluding tert-OH is 1. The molecule has 130 valence electrons. The minimum Gasteiger partial charge on any atom is -0.487 e. The predicted octanol–water partition coefficient (Wildman–Crippen LogP) is 3.08. The molecule has 24 heavy (non-hydrogen) atoms. The normalized spacial score (nSPS) is 24.3. The van der Waals surface area contributed by atoms with Crippen LogP contribution in [0, 0.1) is 13.8 Å². The van der Waals surface area contributed by atoms with Crippen LogP contribution in [0.5, 0.6) is 5.75 Å². The Balaban J connectivity index is 1.65. The Hall–Kier alpha value is -1.85. The van der Waals surface area contributed by atoms with Gasteiger partial charge in [0, 0.05) is 18.7 Å². The number of aryl methyl sites for hydroxylation is 2. The third-order valence-electron chi connectivity index (χ3n) is 4.79. The van der Waals surface area contributed by atoms with Crippen molar-refractivity contribution in [1.82, 2.24) is 10.1 Å². The zero-order valence-electron chi connectivity index (χ0n) is 14.6. The maximum Gasteiger partial charge on any atom is 0.133 e. The van der Waals surface area contributed by atoms with Crippen molar-refractivity contribution in [3.63, 3.8) is 0 Å². The molecule has 0 saturated heterocycles. The van der Waals surface area contributed by atoms with E-state index in [1.807, 2.05) is 51.2 Å². The van der Waals surface area contributed by atoms with Crippen LogP contribution in [0.4, 0.5) is 0 Å². The highest BCUT2D eigenvalue weighted by atomic mass is 16.5. The van der Waals surface area contributed by atoms with Crippen molar-refractivity contribution in [3.8, 4) is 5.75 Å². The van der Waals surface area contributed by atoms with Crippen molar-refractivity contribution in [2.75, 3.05) is 7.05 Å². The molecule has 2 aromatic rings. The van der Waals surface area contributed by atoms with Gasteiger partial charge in [0.05, 0.1) is 5.69 Å². The Morgan fingerprint density at radius 2 is 2.08 bits per heavy atom. The second-order valence-corrected chi connectivity index (χ2v) is 6.75. The minimum absolute atomic E-state index is 0.0600. The zero-order valence-corrected chi connectivity index (χ0v) is 14.6. The van der Waals surface area contributed by atoms with Gasteiger partial charge in [-0.2, -0.15) is 0 Å². The van der Waals surface area contributed by atoms with Crippen molar-refractivity contribution in [2.45, 2.75) is 57.9 Å². The summed E-state index contributed by atoms with van der Waals surface area (Å²) < 4.78 is 11.3. The van der Waals surface area contributed by atoms with Crippen LogP contribution in [0.1, 0.15) is 36.3 Å². The van der Waals surface area contributed by atoms with E-state index >= 15 is 0 Å². The Morgan fingerprint density at radius 1 is 1.29 bits per heavy atom. The number of hydrogen-bond donors (Lipinski definition) is 1. The van der Waals surface area contributed by atoms with Crippen LogP contribution in [0.3, 0.4) is 0 Å². The number of ether oxygens (including phenoxy) is 1. The number of aliphatic hydroxyl groups is 1.